The topological polar surface area (TPSA) is 48.3 Å². The molecule has 2 heterocycles. The maximum absolute atomic E-state index is 13.5. The second-order valence-electron chi connectivity index (χ2n) is 5.11. The molecule has 2 fully saturated rings. The van der Waals surface area contributed by atoms with Gasteiger partial charge in [0.15, 0.2) is 0 Å². The van der Waals surface area contributed by atoms with Gasteiger partial charge in [0, 0.05) is 37.8 Å². The molecule has 1 unspecified atom stereocenters. The monoisotopic (exact) mass is 295 g/mol. The number of piperazine rings is 1. The fourth-order valence-corrected chi connectivity index (χ4v) is 3.13. The van der Waals surface area contributed by atoms with Crippen molar-refractivity contribution in [2.45, 2.75) is 12.1 Å². The minimum atomic E-state index is -0.586. The molecule has 0 aromatic heterocycles. The molecule has 20 heavy (non-hydrogen) atoms. The van der Waals surface area contributed by atoms with E-state index < -0.39 is 5.82 Å². The van der Waals surface area contributed by atoms with Crippen molar-refractivity contribution in [2.75, 3.05) is 32.8 Å². The van der Waals surface area contributed by atoms with Gasteiger partial charge in [-0.2, -0.15) is 5.26 Å². The van der Waals surface area contributed by atoms with Crippen LogP contribution in [0.1, 0.15) is 17.2 Å². The van der Waals surface area contributed by atoms with Gasteiger partial charge in [0.05, 0.1) is 17.7 Å². The Balaban J connectivity index is 1.85. The summed E-state index contributed by atoms with van der Waals surface area (Å²) in [7, 11) is 0. The molecule has 0 saturated carbocycles. The van der Waals surface area contributed by atoms with Gasteiger partial charge < -0.3 is 10.1 Å². The Morgan fingerprint density at radius 2 is 2.35 bits per heavy atom. The fourth-order valence-electron chi connectivity index (χ4n) is 2.81. The third-order valence-corrected chi connectivity index (χ3v) is 4.35. The minimum absolute atomic E-state index is 0.102. The van der Waals surface area contributed by atoms with Crippen LogP contribution in [0.3, 0.4) is 0 Å². The van der Waals surface area contributed by atoms with E-state index in [4.69, 9.17) is 21.6 Å². The summed E-state index contributed by atoms with van der Waals surface area (Å²) in [4.78, 5) is 2.36. The van der Waals surface area contributed by atoms with Crippen LogP contribution in [0.5, 0.6) is 0 Å². The number of benzene rings is 1. The highest BCUT2D eigenvalue weighted by atomic mass is 35.5. The number of nitriles is 1. The van der Waals surface area contributed by atoms with Gasteiger partial charge in [0.25, 0.3) is 0 Å². The van der Waals surface area contributed by atoms with Crippen LogP contribution in [0, 0.1) is 17.1 Å². The molecule has 0 aliphatic carbocycles. The Labute approximate surface area is 122 Å². The summed E-state index contributed by atoms with van der Waals surface area (Å²) in [6, 6.07) is 5.10. The highest BCUT2D eigenvalue weighted by Crippen LogP contribution is 2.33. The number of hydrogen-bond acceptors (Lipinski definition) is 4. The van der Waals surface area contributed by atoms with Gasteiger partial charge in [0.2, 0.25) is 0 Å². The van der Waals surface area contributed by atoms with Crippen molar-refractivity contribution in [3.8, 4) is 6.07 Å². The van der Waals surface area contributed by atoms with Gasteiger partial charge in [-0.1, -0.05) is 17.7 Å². The first-order valence-electron chi connectivity index (χ1n) is 6.65. The molecule has 4 nitrogen and oxygen atoms in total. The fraction of sp³-hybridized carbons (Fsp3) is 0.500. The van der Waals surface area contributed by atoms with E-state index in [9.17, 15) is 4.39 Å². The molecule has 2 aliphatic heterocycles. The van der Waals surface area contributed by atoms with Crippen LogP contribution in [-0.2, 0) is 4.74 Å². The standard InChI is InChI=1S/C14H15ClFN3O/c15-14-10(1-2-12(16)11(14)5-17)13-7-19-4-3-18-6-9(19)8-20-13/h1-2,9,13,18H,3-4,6-8H2/t9?,13-/m1/s1. The Bertz CT molecular complexity index is 560. The van der Waals surface area contributed by atoms with Crippen molar-refractivity contribution < 1.29 is 9.13 Å². The lowest BCUT2D eigenvalue weighted by Crippen LogP contribution is -2.57. The Morgan fingerprint density at radius 3 is 3.15 bits per heavy atom. The predicted molar refractivity (Wildman–Crippen MR) is 73.0 cm³/mol. The van der Waals surface area contributed by atoms with Crippen LogP contribution in [0.4, 0.5) is 4.39 Å². The van der Waals surface area contributed by atoms with Gasteiger partial charge in [-0.25, -0.2) is 4.39 Å². The third-order valence-electron chi connectivity index (χ3n) is 3.94. The molecular weight excluding hydrogens is 281 g/mol. The second-order valence-corrected chi connectivity index (χ2v) is 5.49. The summed E-state index contributed by atoms with van der Waals surface area (Å²) in [6.45, 7) is 4.20. The molecule has 0 bridgehead atoms. The number of morpholine rings is 1. The van der Waals surface area contributed by atoms with Crippen molar-refractivity contribution in [1.82, 2.24) is 10.2 Å². The molecule has 1 aromatic rings. The predicted octanol–water partition coefficient (Wildman–Crippen LogP) is 1.70. The second kappa shape index (κ2) is 5.66. The number of ether oxygens (including phenoxy) is 1. The van der Waals surface area contributed by atoms with Crippen LogP contribution in [0.15, 0.2) is 12.1 Å². The summed E-state index contributed by atoms with van der Waals surface area (Å²) >= 11 is 6.15. The van der Waals surface area contributed by atoms with Crippen LogP contribution in [0.25, 0.3) is 0 Å². The van der Waals surface area contributed by atoms with Crippen molar-refractivity contribution >= 4 is 11.6 Å². The number of fused-ring (bicyclic) bond motifs is 1. The summed E-state index contributed by atoms with van der Waals surface area (Å²) in [6.07, 6.45) is -0.204. The first kappa shape index (κ1) is 13.8. The van der Waals surface area contributed by atoms with E-state index in [1.165, 1.54) is 6.07 Å². The number of nitrogens with one attached hydrogen (secondary N) is 1. The van der Waals surface area contributed by atoms with E-state index in [1.807, 2.05) is 6.07 Å². The molecule has 3 rings (SSSR count). The van der Waals surface area contributed by atoms with E-state index >= 15 is 0 Å². The molecule has 0 radical (unpaired) electrons. The molecule has 106 valence electrons. The zero-order valence-corrected chi connectivity index (χ0v) is 11.7. The average molecular weight is 296 g/mol. The van der Waals surface area contributed by atoms with Crippen LogP contribution in [-0.4, -0.2) is 43.7 Å². The molecule has 2 aliphatic rings. The molecule has 1 N–H and O–H groups in total. The lowest BCUT2D eigenvalue weighted by atomic mass is 10.0. The summed E-state index contributed by atoms with van der Waals surface area (Å²) in [5, 5.41) is 12.5. The maximum Gasteiger partial charge on any atom is 0.142 e. The van der Waals surface area contributed by atoms with Crippen molar-refractivity contribution in [1.29, 1.82) is 5.26 Å². The molecular formula is C14H15ClFN3O. The smallest absolute Gasteiger partial charge is 0.142 e. The van der Waals surface area contributed by atoms with E-state index in [2.05, 4.69) is 10.2 Å². The summed E-state index contributed by atoms with van der Waals surface area (Å²) in [5.74, 6) is -0.586. The number of hydrogen-bond donors (Lipinski definition) is 1. The van der Waals surface area contributed by atoms with E-state index in [-0.39, 0.29) is 16.7 Å². The molecule has 6 heteroatoms. The van der Waals surface area contributed by atoms with E-state index in [1.54, 1.807) is 6.07 Å². The van der Waals surface area contributed by atoms with Gasteiger partial charge in [-0.05, 0) is 6.07 Å². The highest BCUT2D eigenvalue weighted by molar-refractivity contribution is 6.32. The summed E-state index contributed by atoms with van der Waals surface area (Å²) < 4.78 is 19.4. The van der Waals surface area contributed by atoms with Crippen molar-refractivity contribution in [3.05, 3.63) is 34.1 Å². The average Bonchev–Trinajstić information content (AvgIpc) is 2.47. The SMILES string of the molecule is N#Cc1c(F)ccc([C@H]2CN3CCNCC3CO2)c1Cl. The maximum atomic E-state index is 13.5. The third kappa shape index (κ3) is 2.40. The van der Waals surface area contributed by atoms with E-state index in [0.29, 0.717) is 18.2 Å². The largest absolute Gasteiger partial charge is 0.370 e. The van der Waals surface area contributed by atoms with Crippen LogP contribution >= 0.6 is 11.6 Å². The Hall–Kier alpha value is -1.19. The first-order valence-corrected chi connectivity index (χ1v) is 7.03. The molecule has 2 atom stereocenters. The lowest BCUT2D eigenvalue weighted by molar-refractivity contribution is -0.0717. The van der Waals surface area contributed by atoms with Gasteiger partial charge >= 0.3 is 0 Å². The quantitative estimate of drug-likeness (QED) is 0.857. The lowest BCUT2D eigenvalue weighted by Gasteiger charge is -2.42. The summed E-state index contributed by atoms with van der Waals surface area (Å²) in [5.41, 5.74) is 0.594. The number of halogens is 2. The Kier molecular flexibility index (Phi) is 3.90. The van der Waals surface area contributed by atoms with Crippen LogP contribution in [0.2, 0.25) is 5.02 Å². The van der Waals surface area contributed by atoms with Crippen molar-refractivity contribution in [2.24, 2.45) is 0 Å². The van der Waals surface area contributed by atoms with Crippen molar-refractivity contribution in [3.63, 3.8) is 0 Å². The van der Waals surface area contributed by atoms with Gasteiger partial charge in [0.1, 0.15) is 17.4 Å². The van der Waals surface area contributed by atoms with Gasteiger partial charge in [-0.3, -0.25) is 4.90 Å². The zero-order chi connectivity index (χ0) is 14.1. The molecule has 0 spiro atoms. The highest BCUT2D eigenvalue weighted by Gasteiger charge is 2.32. The molecule has 2 saturated heterocycles. The van der Waals surface area contributed by atoms with Gasteiger partial charge in [-0.15, -0.1) is 0 Å². The van der Waals surface area contributed by atoms with Crippen LogP contribution < -0.4 is 5.32 Å². The van der Waals surface area contributed by atoms with E-state index in [0.717, 1.165) is 26.2 Å². The molecule has 0 amide bonds. The minimum Gasteiger partial charge on any atom is -0.370 e. The number of rotatable bonds is 1. The first-order chi connectivity index (χ1) is 9.70. The zero-order valence-electron chi connectivity index (χ0n) is 10.9. The molecule has 1 aromatic carbocycles. The Morgan fingerprint density at radius 1 is 1.50 bits per heavy atom. The normalized spacial score (nSPS) is 26.9. The number of nitrogens with zero attached hydrogens (tertiary/aromatic N) is 2.